The van der Waals surface area contributed by atoms with Crippen LogP contribution < -0.4 is 4.90 Å². The van der Waals surface area contributed by atoms with Crippen molar-refractivity contribution in [3.8, 4) is 44.5 Å². The number of benzene rings is 9. The number of nitrogens with zero attached hydrogens (tertiary/aromatic N) is 1. The van der Waals surface area contributed by atoms with Crippen LogP contribution in [0.1, 0.15) is 52.8 Å². The van der Waals surface area contributed by atoms with Gasteiger partial charge in [0.2, 0.25) is 0 Å². The topological polar surface area (TPSA) is 3.24 Å². The summed E-state index contributed by atoms with van der Waals surface area (Å²) in [5.41, 5.74) is 21.9. The molecule has 9 aromatic rings. The Balaban J connectivity index is 1.20. The normalized spacial score (nSPS) is 15.4. The quantitative estimate of drug-likeness (QED) is 0.156. The van der Waals surface area contributed by atoms with Gasteiger partial charge in [-0.3, -0.25) is 0 Å². The Labute approximate surface area is 353 Å². The Morgan fingerprint density at radius 3 is 1.62 bits per heavy atom. The molecule has 0 bridgehead atoms. The molecule has 286 valence electrons. The minimum Gasteiger partial charge on any atom is -0.310 e. The molecule has 2 aliphatic rings. The van der Waals surface area contributed by atoms with E-state index in [0.717, 1.165) is 11.4 Å². The third-order valence-electron chi connectivity index (χ3n) is 13.3. The first-order valence-electron chi connectivity index (χ1n) is 21.1. The van der Waals surface area contributed by atoms with Crippen LogP contribution in [0.25, 0.3) is 44.5 Å². The highest BCUT2D eigenvalue weighted by atomic mass is 15.1. The summed E-state index contributed by atoms with van der Waals surface area (Å²) in [5, 5.41) is 0. The number of anilines is 3. The van der Waals surface area contributed by atoms with E-state index in [1.54, 1.807) is 0 Å². The molecule has 0 radical (unpaired) electrons. The third-order valence-corrected chi connectivity index (χ3v) is 13.3. The summed E-state index contributed by atoms with van der Waals surface area (Å²) < 4.78 is 0. The Kier molecular flexibility index (Phi) is 8.36. The highest BCUT2D eigenvalue weighted by Gasteiger charge is 2.47. The summed E-state index contributed by atoms with van der Waals surface area (Å²) in [6.45, 7) is 7.02. The molecule has 1 atom stereocenters. The Morgan fingerprint density at radius 1 is 0.350 bits per heavy atom. The van der Waals surface area contributed by atoms with Gasteiger partial charge < -0.3 is 4.90 Å². The Morgan fingerprint density at radius 2 is 0.883 bits per heavy atom. The molecule has 0 N–H and O–H groups in total. The van der Waals surface area contributed by atoms with Crippen LogP contribution in [0.2, 0.25) is 0 Å². The maximum Gasteiger partial charge on any atom is 0.0714 e. The van der Waals surface area contributed by atoms with Crippen LogP contribution in [0.5, 0.6) is 0 Å². The molecular weight excluding hydrogens is 723 g/mol. The Bertz CT molecular complexity index is 3070. The van der Waals surface area contributed by atoms with Crippen molar-refractivity contribution in [2.75, 3.05) is 4.90 Å². The zero-order valence-electron chi connectivity index (χ0n) is 34.2. The van der Waals surface area contributed by atoms with Gasteiger partial charge in [-0.1, -0.05) is 208 Å². The first kappa shape index (κ1) is 35.9. The summed E-state index contributed by atoms with van der Waals surface area (Å²) in [6, 6.07) is 81.0. The summed E-state index contributed by atoms with van der Waals surface area (Å²) in [4.78, 5) is 2.52. The molecule has 0 spiro atoms. The van der Waals surface area contributed by atoms with Crippen molar-refractivity contribution in [3.05, 3.63) is 257 Å². The number of aryl methyl sites for hydroxylation is 1. The minimum absolute atomic E-state index is 0.0914. The van der Waals surface area contributed by atoms with E-state index >= 15 is 0 Å². The van der Waals surface area contributed by atoms with Gasteiger partial charge in [-0.2, -0.15) is 0 Å². The second kappa shape index (κ2) is 14.0. The summed E-state index contributed by atoms with van der Waals surface area (Å²) in [6.07, 6.45) is 0. The highest BCUT2D eigenvalue weighted by molar-refractivity contribution is 5.97. The van der Waals surface area contributed by atoms with Gasteiger partial charge >= 0.3 is 0 Å². The van der Waals surface area contributed by atoms with E-state index in [1.165, 1.54) is 89.1 Å². The van der Waals surface area contributed by atoms with Crippen molar-refractivity contribution in [3.63, 3.8) is 0 Å². The van der Waals surface area contributed by atoms with Crippen LogP contribution in [0.15, 0.2) is 218 Å². The molecule has 0 aromatic heterocycles. The zero-order chi connectivity index (χ0) is 40.4. The second-order valence-corrected chi connectivity index (χ2v) is 16.9. The average Bonchev–Trinajstić information content (AvgIpc) is 3.73. The molecule has 1 heteroatoms. The molecule has 0 saturated heterocycles. The monoisotopic (exact) mass is 767 g/mol. The molecule has 0 saturated carbocycles. The standard InChI is InChI=1S/C59H45N/c1-40-37-54-50(48-30-13-16-33-51(48)58(54,2)3)39-56(40)60(55-36-18-15-29-46(55)41-21-7-4-8-22-41)45-28-19-27-44(38-45)59(43-25-11-6-12-26-43)52-34-17-14-31-49(52)57-47(32-20-35-53(57)59)42-23-9-5-10-24-42/h4-39H,1-3H3. The van der Waals surface area contributed by atoms with Crippen molar-refractivity contribution < 1.29 is 0 Å². The lowest BCUT2D eigenvalue weighted by atomic mass is 9.67. The highest BCUT2D eigenvalue weighted by Crippen LogP contribution is 2.59. The first-order valence-corrected chi connectivity index (χ1v) is 21.1. The largest absolute Gasteiger partial charge is 0.310 e. The zero-order valence-corrected chi connectivity index (χ0v) is 34.2. The van der Waals surface area contributed by atoms with Crippen molar-refractivity contribution in [1.29, 1.82) is 0 Å². The van der Waals surface area contributed by atoms with Crippen molar-refractivity contribution >= 4 is 17.1 Å². The fourth-order valence-electron chi connectivity index (χ4n) is 10.6. The SMILES string of the molecule is Cc1cc2c(cc1N(c1cccc(C3(c4ccccc4)c4ccccc4-c4c(-c5ccccc5)cccc43)c1)c1ccccc1-c1ccccc1)-c1ccccc1C2(C)C. The van der Waals surface area contributed by atoms with Gasteiger partial charge in [-0.05, 0) is 109 Å². The number of para-hydroxylation sites is 1. The van der Waals surface area contributed by atoms with Crippen molar-refractivity contribution in [1.82, 2.24) is 0 Å². The molecule has 0 aliphatic heterocycles. The van der Waals surface area contributed by atoms with Crippen LogP contribution in [0, 0.1) is 6.92 Å². The summed E-state index contributed by atoms with van der Waals surface area (Å²) in [5.74, 6) is 0. The molecule has 1 unspecified atom stereocenters. The van der Waals surface area contributed by atoms with Gasteiger partial charge in [0.1, 0.15) is 0 Å². The second-order valence-electron chi connectivity index (χ2n) is 16.9. The van der Waals surface area contributed by atoms with Crippen LogP contribution in [0.3, 0.4) is 0 Å². The van der Waals surface area contributed by atoms with Crippen molar-refractivity contribution in [2.45, 2.75) is 31.6 Å². The third kappa shape index (κ3) is 5.32. The molecule has 0 heterocycles. The van der Waals surface area contributed by atoms with Gasteiger partial charge in [0.15, 0.2) is 0 Å². The van der Waals surface area contributed by atoms with Crippen LogP contribution >= 0.6 is 0 Å². The lowest BCUT2D eigenvalue weighted by Crippen LogP contribution is -2.29. The molecule has 60 heavy (non-hydrogen) atoms. The molecule has 0 amide bonds. The Hall–Kier alpha value is -7.22. The first-order chi connectivity index (χ1) is 29.5. The summed E-state index contributed by atoms with van der Waals surface area (Å²) in [7, 11) is 0. The van der Waals surface area contributed by atoms with E-state index in [9.17, 15) is 0 Å². The average molecular weight is 768 g/mol. The minimum atomic E-state index is -0.575. The van der Waals surface area contributed by atoms with Gasteiger partial charge in [-0.25, -0.2) is 0 Å². The fourth-order valence-corrected chi connectivity index (χ4v) is 10.6. The van der Waals surface area contributed by atoms with E-state index < -0.39 is 5.41 Å². The van der Waals surface area contributed by atoms with E-state index in [1.807, 2.05) is 0 Å². The van der Waals surface area contributed by atoms with E-state index in [4.69, 9.17) is 0 Å². The van der Waals surface area contributed by atoms with E-state index in [2.05, 4.69) is 244 Å². The van der Waals surface area contributed by atoms with Gasteiger partial charge in [-0.15, -0.1) is 0 Å². The smallest absolute Gasteiger partial charge is 0.0714 e. The van der Waals surface area contributed by atoms with Crippen molar-refractivity contribution in [2.24, 2.45) is 0 Å². The number of fused-ring (bicyclic) bond motifs is 6. The van der Waals surface area contributed by atoms with E-state index in [0.29, 0.717) is 0 Å². The maximum atomic E-state index is 2.52. The number of hydrogen-bond acceptors (Lipinski definition) is 1. The summed E-state index contributed by atoms with van der Waals surface area (Å²) >= 11 is 0. The van der Waals surface area contributed by atoms with Crippen LogP contribution in [0.4, 0.5) is 17.1 Å². The number of rotatable bonds is 7. The van der Waals surface area contributed by atoms with Crippen LogP contribution in [-0.2, 0) is 10.8 Å². The van der Waals surface area contributed by atoms with Gasteiger partial charge in [0.05, 0.1) is 11.1 Å². The van der Waals surface area contributed by atoms with Gasteiger partial charge in [0.25, 0.3) is 0 Å². The molecular formula is C59H45N. The molecule has 0 fully saturated rings. The molecule has 1 nitrogen and oxygen atoms in total. The fraction of sp³-hybridized carbons (Fsp3) is 0.0847. The lowest BCUT2D eigenvalue weighted by Gasteiger charge is -2.36. The molecule has 2 aliphatic carbocycles. The van der Waals surface area contributed by atoms with E-state index in [-0.39, 0.29) is 5.41 Å². The molecule has 11 rings (SSSR count). The maximum absolute atomic E-state index is 2.52. The number of hydrogen-bond donors (Lipinski definition) is 0. The van der Waals surface area contributed by atoms with Crippen LogP contribution in [-0.4, -0.2) is 0 Å². The molecule has 9 aromatic carbocycles. The predicted molar refractivity (Wildman–Crippen MR) is 252 cm³/mol. The lowest BCUT2D eigenvalue weighted by molar-refractivity contribution is 0.660. The predicted octanol–water partition coefficient (Wildman–Crippen LogP) is 15.5. The van der Waals surface area contributed by atoms with Gasteiger partial charge in [0, 0.05) is 22.4 Å².